The van der Waals surface area contributed by atoms with Gasteiger partial charge in [-0.1, -0.05) is 38.1 Å². The van der Waals surface area contributed by atoms with Crippen molar-refractivity contribution in [2.45, 2.75) is 51.4 Å². The fourth-order valence-electron chi connectivity index (χ4n) is 4.56. The number of ether oxygens (including phenoxy) is 2. The van der Waals surface area contributed by atoms with E-state index in [2.05, 4.69) is 10.3 Å². The number of carbonyl (C=O) groups excluding carboxylic acids is 1. The van der Waals surface area contributed by atoms with Crippen molar-refractivity contribution in [2.75, 3.05) is 19.0 Å². The van der Waals surface area contributed by atoms with Gasteiger partial charge in [-0.15, -0.1) is 0 Å². The zero-order chi connectivity index (χ0) is 26.8. The van der Waals surface area contributed by atoms with Gasteiger partial charge in [0.15, 0.2) is 5.60 Å². The molecule has 1 aliphatic rings. The molecular formula is C26H30F4N2O4. The minimum Gasteiger partial charge on any atom is -0.459 e. The largest absolute Gasteiger partial charge is 0.459 e. The predicted molar refractivity (Wildman–Crippen MR) is 128 cm³/mol. The van der Waals surface area contributed by atoms with Crippen LogP contribution in [-0.2, 0) is 20.9 Å². The summed E-state index contributed by atoms with van der Waals surface area (Å²) in [5.74, 6) is -3.83. The zero-order valence-electron chi connectivity index (χ0n) is 20.5. The normalized spacial score (nSPS) is 21.9. The maximum absolute atomic E-state index is 15.3. The van der Waals surface area contributed by atoms with Gasteiger partial charge in [-0.25, -0.2) is 9.37 Å². The number of halogens is 4. The van der Waals surface area contributed by atoms with Gasteiger partial charge < -0.3 is 19.9 Å². The molecule has 0 saturated heterocycles. The summed E-state index contributed by atoms with van der Waals surface area (Å²) >= 11 is 0. The van der Waals surface area contributed by atoms with Crippen LogP contribution in [-0.4, -0.2) is 47.3 Å². The molecule has 0 aliphatic heterocycles. The van der Waals surface area contributed by atoms with Crippen LogP contribution in [0.1, 0.15) is 32.9 Å². The van der Waals surface area contributed by atoms with E-state index in [0.29, 0.717) is 22.3 Å². The number of methoxy groups -OCH3 is 1. The van der Waals surface area contributed by atoms with Crippen LogP contribution in [0.25, 0.3) is 10.9 Å². The van der Waals surface area contributed by atoms with Gasteiger partial charge in [0.1, 0.15) is 6.61 Å². The van der Waals surface area contributed by atoms with Gasteiger partial charge >= 0.3 is 12.1 Å². The number of aliphatic hydroxyl groups is 1. The van der Waals surface area contributed by atoms with Crippen molar-refractivity contribution in [3.8, 4) is 0 Å². The Hall–Kier alpha value is -2.98. The fraction of sp³-hybridized carbons (Fsp3) is 0.462. The van der Waals surface area contributed by atoms with E-state index in [1.54, 1.807) is 36.4 Å². The number of pyridine rings is 1. The van der Waals surface area contributed by atoms with Crippen LogP contribution in [0.5, 0.6) is 0 Å². The summed E-state index contributed by atoms with van der Waals surface area (Å²) in [5.41, 5.74) is -3.24. The molecule has 1 aromatic carbocycles. The Kier molecular flexibility index (Phi) is 7.80. The highest BCUT2D eigenvalue weighted by molar-refractivity contribution is 5.91. The molecule has 196 valence electrons. The summed E-state index contributed by atoms with van der Waals surface area (Å²) in [5, 5.41) is 14.1. The van der Waals surface area contributed by atoms with E-state index >= 15 is 4.39 Å². The van der Waals surface area contributed by atoms with Gasteiger partial charge in [0.2, 0.25) is 5.85 Å². The summed E-state index contributed by atoms with van der Waals surface area (Å²) in [4.78, 5) is 15.4. The lowest BCUT2D eigenvalue weighted by Crippen LogP contribution is -2.55. The molecule has 10 heteroatoms. The van der Waals surface area contributed by atoms with Crippen LogP contribution in [0.3, 0.4) is 0 Å². The highest BCUT2D eigenvalue weighted by Gasteiger charge is 2.58. The third kappa shape index (κ3) is 5.87. The van der Waals surface area contributed by atoms with Gasteiger partial charge in [0, 0.05) is 31.0 Å². The summed E-state index contributed by atoms with van der Waals surface area (Å²) in [6.07, 6.45) is -0.200. The SMILES string of the molecule is COC1(F)C=CC=CC1C(C)(C)CC(O)(CNc1cccc2nc(COC(C)=O)ccc12)C(F)(F)F. The lowest BCUT2D eigenvalue weighted by Gasteiger charge is -2.45. The minimum atomic E-state index is -5.00. The summed E-state index contributed by atoms with van der Waals surface area (Å²) < 4.78 is 67.8. The number of nitrogens with one attached hydrogen (secondary N) is 1. The first-order valence-corrected chi connectivity index (χ1v) is 11.4. The van der Waals surface area contributed by atoms with E-state index in [1.807, 2.05) is 0 Å². The van der Waals surface area contributed by atoms with E-state index in [0.717, 1.165) is 13.2 Å². The highest BCUT2D eigenvalue weighted by Crippen LogP contribution is 2.49. The average molecular weight is 511 g/mol. The van der Waals surface area contributed by atoms with Crippen LogP contribution >= 0.6 is 0 Å². The van der Waals surface area contributed by atoms with Crippen molar-refractivity contribution < 1.29 is 36.9 Å². The van der Waals surface area contributed by atoms with Crippen molar-refractivity contribution in [2.24, 2.45) is 11.3 Å². The molecule has 2 aromatic rings. The van der Waals surface area contributed by atoms with Gasteiger partial charge in [0.05, 0.1) is 17.8 Å². The second-order valence-electron chi connectivity index (χ2n) is 9.63. The number of carbonyl (C=O) groups is 1. The third-order valence-corrected chi connectivity index (χ3v) is 6.38. The molecule has 3 unspecified atom stereocenters. The van der Waals surface area contributed by atoms with Crippen LogP contribution < -0.4 is 5.32 Å². The third-order valence-electron chi connectivity index (χ3n) is 6.38. The molecule has 0 amide bonds. The number of alkyl halides is 4. The molecular weight excluding hydrogens is 480 g/mol. The van der Waals surface area contributed by atoms with Crippen LogP contribution in [0.2, 0.25) is 0 Å². The highest BCUT2D eigenvalue weighted by atomic mass is 19.4. The van der Waals surface area contributed by atoms with Crippen LogP contribution in [0.15, 0.2) is 54.6 Å². The first kappa shape index (κ1) is 27.6. The number of benzene rings is 1. The molecule has 36 heavy (non-hydrogen) atoms. The Balaban J connectivity index is 1.86. The van der Waals surface area contributed by atoms with Crippen LogP contribution in [0, 0.1) is 11.3 Å². The van der Waals surface area contributed by atoms with E-state index in [4.69, 9.17) is 9.47 Å². The molecule has 0 spiro atoms. The van der Waals surface area contributed by atoms with Crippen molar-refractivity contribution >= 4 is 22.6 Å². The number of nitrogens with zero attached hydrogens (tertiary/aromatic N) is 1. The number of allylic oxidation sites excluding steroid dienone is 2. The minimum absolute atomic E-state index is 0.0336. The van der Waals surface area contributed by atoms with E-state index in [-0.39, 0.29) is 6.61 Å². The first-order valence-electron chi connectivity index (χ1n) is 11.4. The van der Waals surface area contributed by atoms with Crippen molar-refractivity contribution in [3.05, 3.63) is 60.3 Å². The molecule has 2 N–H and O–H groups in total. The maximum Gasteiger partial charge on any atom is 0.418 e. The smallest absolute Gasteiger partial charge is 0.418 e. The average Bonchev–Trinajstić information content (AvgIpc) is 2.80. The number of fused-ring (bicyclic) bond motifs is 1. The number of hydrogen-bond acceptors (Lipinski definition) is 6. The Morgan fingerprint density at radius 3 is 2.56 bits per heavy atom. The summed E-state index contributed by atoms with van der Waals surface area (Å²) in [6, 6.07) is 8.10. The van der Waals surface area contributed by atoms with Crippen molar-refractivity contribution in [1.29, 1.82) is 0 Å². The Labute approximate surface area is 207 Å². The molecule has 0 fully saturated rings. The Morgan fingerprint density at radius 1 is 1.19 bits per heavy atom. The number of aromatic nitrogens is 1. The number of esters is 1. The van der Waals surface area contributed by atoms with Crippen molar-refractivity contribution in [1.82, 2.24) is 4.98 Å². The second kappa shape index (κ2) is 10.2. The predicted octanol–water partition coefficient (Wildman–Crippen LogP) is 5.47. The van der Waals surface area contributed by atoms with E-state index in [1.165, 1.54) is 32.9 Å². The van der Waals surface area contributed by atoms with Gasteiger partial charge in [-0.3, -0.25) is 4.79 Å². The molecule has 0 bridgehead atoms. The molecule has 0 saturated carbocycles. The molecule has 3 atom stereocenters. The lowest BCUT2D eigenvalue weighted by atomic mass is 9.67. The second-order valence-corrected chi connectivity index (χ2v) is 9.63. The summed E-state index contributed by atoms with van der Waals surface area (Å²) in [6.45, 7) is 3.31. The Bertz CT molecular complexity index is 1160. The van der Waals surface area contributed by atoms with Gasteiger partial charge in [-0.2, -0.15) is 13.2 Å². The standard InChI is InChI=1S/C26H30F4N2O4/c1-17(33)36-14-18-11-12-19-20(8-7-9-21(19)32-18)31-16-24(34,26(28,29)30)15-23(2,3)22-10-5-6-13-25(22,27)35-4/h5-13,22,31,34H,14-16H2,1-4H3. The van der Waals surface area contributed by atoms with Crippen molar-refractivity contribution in [3.63, 3.8) is 0 Å². The lowest BCUT2D eigenvalue weighted by molar-refractivity contribution is -0.269. The molecule has 1 heterocycles. The van der Waals surface area contributed by atoms with E-state index < -0.39 is 47.9 Å². The Morgan fingerprint density at radius 2 is 1.92 bits per heavy atom. The topological polar surface area (TPSA) is 80.7 Å². The van der Waals surface area contributed by atoms with Crippen LogP contribution in [0.4, 0.5) is 23.2 Å². The van der Waals surface area contributed by atoms with E-state index in [9.17, 15) is 23.1 Å². The monoisotopic (exact) mass is 510 g/mol. The number of anilines is 1. The quantitative estimate of drug-likeness (QED) is 0.344. The zero-order valence-corrected chi connectivity index (χ0v) is 20.5. The molecule has 6 nitrogen and oxygen atoms in total. The maximum atomic E-state index is 15.3. The first-order chi connectivity index (χ1) is 16.7. The summed E-state index contributed by atoms with van der Waals surface area (Å²) in [7, 11) is 1.15. The molecule has 0 radical (unpaired) electrons. The fourth-order valence-corrected chi connectivity index (χ4v) is 4.56. The number of hydrogen-bond donors (Lipinski definition) is 2. The molecule has 1 aliphatic carbocycles. The van der Waals surface area contributed by atoms with Gasteiger partial charge in [-0.05, 0) is 42.2 Å². The van der Waals surface area contributed by atoms with Gasteiger partial charge in [0.25, 0.3) is 0 Å². The molecule has 1 aromatic heterocycles. The number of rotatable bonds is 9. The molecule has 3 rings (SSSR count).